The molecule has 2 nitrogen and oxygen atoms in total. The standard InChI is InChI=1S/C19H32N2/c1-5-12-20-19(18-11-6-8-15(2)13-18)14-21-16(3)9-7-10-17(21)4/h6,8,11,13,16-17,19-20H,5,7,9-10,12,14H2,1-4H3/t16-,17+,19?. The third-order valence-corrected chi connectivity index (χ3v) is 4.85. The van der Waals surface area contributed by atoms with Crippen molar-refractivity contribution >= 4 is 0 Å². The first-order chi connectivity index (χ1) is 10.1. The van der Waals surface area contributed by atoms with Gasteiger partial charge in [-0.2, -0.15) is 0 Å². The molecule has 118 valence electrons. The summed E-state index contributed by atoms with van der Waals surface area (Å²) >= 11 is 0. The average Bonchev–Trinajstić information content (AvgIpc) is 2.46. The molecule has 0 aliphatic carbocycles. The Morgan fingerprint density at radius 2 is 1.95 bits per heavy atom. The topological polar surface area (TPSA) is 15.3 Å². The first-order valence-electron chi connectivity index (χ1n) is 8.67. The van der Waals surface area contributed by atoms with Crippen LogP contribution in [-0.4, -0.2) is 30.1 Å². The van der Waals surface area contributed by atoms with Crippen LogP contribution in [0.1, 0.15) is 63.6 Å². The van der Waals surface area contributed by atoms with Gasteiger partial charge in [-0.1, -0.05) is 43.2 Å². The van der Waals surface area contributed by atoms with Crippen molar-refractivity contribution < 1.29 is 0 Å². The van der Waals surface area contributed by atoms with E-state index >= 15 is 0 Å². The van der Waals surface area contributed by atoms with Crippen LogP contribution < -0.4 is 5.32 Å². The number of likely N-dealkylation sites (tertiary alicyclic amines) is 1. The van der Waals surface area contributed by atoms with Crippen LogP contribution in [0.15, 0.2) is 24.3 Å². The summed E-state index contributed by atoms with van der Waals surface area (Å²) in [5.74, 6) is 0. The smallest absolute Gasteiger partial charge is 0.0449 e. The van der Waals surface area contributed by atoms with Gasteiger partial charge in [-0.15, -0.1) is 0 Å². The van der Waals surface area contributed by atoms with Gasteiger partial charge in [0, 0.05) is 24.7 Å². The molecule has 0 radical (unpaired) electrons. The molecule has 1 aliphatic heterocycles. The second kappa shape index (κ2) is 7.95. The Morgan fingerprint density at radius 3 is 2.57 bits per heavy atom. The second-order valence-electron chi connectivity index (χ2n) is 6.75. The van der Waals surface area contributed by atoms with Crippen LogP contribution in [0.5, 0.6) is 0 Å². The number of nitrogens with one attached hydrogen (secondary N) is 1. The third-order valence-electron chi connectivity index (χ3n) is 4.85. The van der Waals surface area contributed by atoms with E-state index in [1.165, 1.54) is 36.8 Å². The van der Waals surface area contributed by atoms with Crippen LogP contribution >= 0.6 is 0 Å². The van der Waals surface area contributed by atoms with Gasteiger partial charge in [0.05, 0.1) is 0 Å². The van der Waals surface area contributed by atoms with E-state index in [2.05, 4.69) is 62.2 Å². The highest BCUT2D eigenvalue weighted by Crippen LogP contribution is 2.26. The van der Waals surface area contributed by atoms with Gasteiger partial charge in [0.2, 0.25) is 0 Å². The Labute approximate surface area is 130 Å². The zero-order valence-corrected chi connectivity index (χ0v) is 14.2. The van der Waals surface area contributed by atoms with Gasteiger partial charge >= 0.3 is 0 Å². The molecule has 2 rings (SSSR count). The van der Waals surface area contributed by atoms with Crippen LogP contribution in [0.25, 0.3) is 0 Å². The van der Waals surface area contributed by atoms with E-state index < -0.39 is 0 Å². The fourth-order valence-electron chi connectivity index (χ4n) is 3.54. The molecule has 0 aromatic heterocycles. The lowest BCUT2D eigenvalue weighted by molar-refractivity contribution is 0.0908. The summed E-state index contributed by atoms with van der Waals surface area (Å²) in [6.45, 7) is 11.4. The second-order valence-corrected chi connectivity index (χ2v) is 6.75. The lowest BCUT2D eigenvalue weighted by Crippen LogP contribution is -2.47. The quantitative estimate of drug-likeness (QED) is 0.839. The number of hydrogen-bond donors (Lipinski definition) is 1. The van der Waals surface area contributed by atoms with Gasteiger partial charge in [0.25, 0.3) is 0 Å². The number of piperidine rings is 1. The summed E-state index contributed by atoms with van der Waals surface area (Å²) in [6, 6.07) is 10.9. The molecule has 21 heavy (non-hydrogen) atoms. The minimum absolute atomic E-state index is 0.452. The lowest BCUT2D eigenvalue weighted by atomic mass is 9.95. The summed E-state index contributed by atoms with van der Waals surface area (Å²) in [5.41, 5.74) is 2.80. The van der Waals surface area contributed by atoms with Gasteiger partial charge in [0.1, 0.15) is 0 Å². The van der Waals surface area contributed by atoms with Gasteiger partial charge in [-0.25, -0.2) is 0 Å². The molecule has 0 bridgehead atoms. The molecular weight excluding hydrogens is 256 g/mol. The molecule has 1 fully saturated rings. The first-order valence-corrected chi connectivity index (χ1v) is 8.67. The Kier molecular flexibility index (Phi) is 6.25. The summed E-state index contributed by atoms with van der Waals surface area (Å²) in [6.07, 6.45) is 5.26. The Morgan fingerprint density at radius 1 is 1.24 bits per heavy atom. The molecule has 3 atom stereocenters. The van der Waals surface area contributed by atoms with Crippen LogP contribution in [0.4, 0.5) is 0 Å². The van der Waals surface area contributed by atoms with Crippen molar-refractivity contribution in [3.8, 4) is 0 Å². The predicted molar refractivity (Wildman–Crippen MR) is 91.7 cm³/mol. The molecule has 0 saturated carbocycles. The molecular formula is C19H32N2. The highest BCUT2D eigenvalue weighted by molar-refractivity contribution is 5.25. The van der Waals surface area contributed by atoms with E-state index in [4.69, 9.17) is 0 Å². The molecule has 0 spiro atoms. The fraction of sp³-hybridized carbons (Fsp3) is 0.684. The highest BCUT2D eigenvalue weighted by atomic mass is 15.2. The van der Waals surface area contributed by atoms with Gasteiger partial charge in [-0.05, 0) is 52.1 Å². The SMILES string of the molecule is CCCNC(CN1[C@H](C)CCC[C@@H]1C)c1cccc(C)c1. The normalized spacial score (nSPS) is 25.0. The summed E-state index contributed by atoms with van der Waals surface area (Å²) in [7, 11) is 0. The predicted octanol–water partition coefficient (Wildman–Crippen LogP) is 4.30. The average molecular weight is 288 g/mol. The minimum atomic E-state index is 0.452. The Bertz CT molecular complexity index is 419. The molecule has 1 unspecified atom stereocenters. The monoisotopic (exact) mass is 288 g/mol. The Balaban J connectivity index is 2.12. The zero-order valence-electron chi connectivity index (χ0n) is 14.2. The van der Waals surface area contributed by atoms with E-state index in [1.807, 2.05) is 0 Å². The molecule has 1 aromatic rings. The van der Waals surface area contributed by atoms with Gasteiger partial charge in [-0.3, -0.25) is 4.90 Å². The number of hydrogen-bond acceptors (Lipinski definition) is 2. The highest BCUT2D eigenvalue weighted by Gasteiger charge is 2.27. The molecule has 0 amide bonds. The maximum atomic E-state index is 3.76. The number of benzene rings is 1. The molecule has 2 heteroatoms. The summed E-state index contributed by atoms with van der Waals surface area (Å²) in [5, 5.41) is 3.76. The van der Waals surface area contributed by atoms with E-state index in [0.717, 1.165) is 13.1 Å². The van der Waals surface area contributed by atoms with Crippen molar-refractivity contribution in [1.29, 1.82) is 0 Å². The number of rotatable bonds is 6. The maximum absolute atomic E-state index is 3.76. The van der Waals surface area contributed by atoms with Crippen LogP contribution in [0.2, 0.25) is 0 Å². The summed E-state index contributed by atoms with van der Waals surface area (Å²) < 4.78 is 0. The van der Waals surface area contributed by atoms with Crippen LogP contribution in [0, 0.1) is 6.92 Å². The number of nitrogens with zero attached hydrogens (tertiary/aromatic N) is 1. The van der Waals surface area contributed by atoms with Crippen molar-refractivity contribution in [2.75, 3.05) is 13.1 Å². The molecule has 1 N–H and O–H groups in total. The van der Waals surface area contributed by atoms with Crippen molar-refractivity contribution in [2.45, 2.75) is 71.5 Å². The third kappa shape index (κ3) is 4.55. The van der Waals surface area contributed by atoms with E-state index in [1.54, 1.807) is 0 Å². The molecule has 1 heterocycles. The van der Waals surface area contributed by atoms with Crippen LogP contribution in [-0.2, 0) is 0 Å². The van der Waals surface area contributed by atoms with Crippen molar-refractivity contribution in [3.63, 3.8) is 0 Å². The molecule has 1 aliphatic rings. The molecule has 1 aromatic carbocycles. The van der Waals surface area contributed by atoms with E-state index in [9.17, 15) is 0 Å². The van der Waals surface area contributed by atoms with Crippen molar-refractivity contribution in [1.82, 2.24) is 10.2 Å². The fourth-order valence-corrected chi connectivity index (χ4v) is 3.54. The largest absolute Gasteiger partial charge is 0.309 e. The zero-order chi connectivity index (χ0) is 15.2. The Hall–Kier alpha value is -0.860. The summed E-state index contributed by atoms with van der Waals surface area (Å²) in [4.78, 5) is 2.71. The van der Waals surface area contributed by atoms with Crippen molar-refractivity contribution in [2.24, 2.45) is 0 Å². The van der Waals surface area contributed by atoms with E-state index in [-0.39, 0.29) is 0 Å². The van der Waals surface area contributed by atoms with Crippen molar-refractivity contribution in [3.05, 3.63) is 35.4 Å². The number of aryl methyl sites for hydroxylation is 1. The minimum Gasteiger partial charge on any atom is -0.309 e. The van der Waals surface area contributed by atoms with Gasteiger partial charge in [0.15, 0.2) is 0 Å². The van der Waals surface area contributed by atoms with E-state index in [0.29, 0.717) is 18.1 Å². The van der Waals surface area contributed by atoms with Crippen LogP contribution in [0.3, 0.4) is 0 Å². The molecule has 1 saturated heterocycles. The lowest BCUT2D eigenvalue weighted by Gasteiger charge is -2.41. The first kappa shape index (κ1) is 16.5. The van der Waals surface area contributed by atoms with Gasteiger partial charge < -0.3 is 5.32 Å². The maximum Gasteiger partial charge on any atom is 0.0449 e.